The highest BCUT2D eigenvalue weighted by atomic mass is 19.4. The first-order valence-electron chi connectivity index (χ1n) is 5.94. The van der Waals surface area contributed by atoms with Crippen molar-refractivity contribution in [2.24, 2.45) is 0 Å². The van der Waals surface area contributed by atoms with Crippen molar-refractivity contribution in [3.63, 3.8) is 0 Å². The number of hydrogen-bond donors (Lipinski definition) is 1. The molecule has 3 nitrogen and oxygen atoms in total. The van der Waals surface area contributed by atoms with Crippen LogP contribution in [-0.2, 0) is 6.18 Å². The number of carboxylic acid groups (broad SMARTS) is 1. The van der Waals surface area contributed by atoms with Gasteiger partial charge in [-0.25, -0.2) is 4.79 Å². The zero-order valence-corrected chi connectivity index (χ0v) is 10.5. The number of halogens is 3. The van der Waals surface area contributed by atoms with Crippen LogP contribution in [0, 0.1) is 0 Å². The maximum atomic E-state index is 12.8. The summed E-state index contributed by atoms with van der Waals surface area (Å²) in [7, 11) is 0. The quantitative estimate of drug-likeness (QED) is 0.799. The molecule has 0 aliphatic rings. The lowest BCUT2D eigenvalue weighted by molar-refractivity contribution is -0.139. The molecule has 0 saturated carbocycles. The number of hydrogen-bond acceptors (Lipinski definition) is 2. The standard InChI is InChI=1S/C13H15F3O3/c1-2-3-4-8-19-11-9(12(17)18)6-5-7-10(11)13(14,15)16/h5-7H,2-4,8H2,1H3,(H,17,18). The number of unbranched alkanes of at least 4 members (excludes halogenated alkanes) is 2. The fourth-order valence-corrected chi connectivity index (χ4v) is 1.61. The maximum absolute atomic E-state index is 12.8. The van der Waals surface area contributed by atoms with Gasteiger partial charge in [-0.2, -0.15) is 13.2 Å². The first-order valence-corrected chi connectivity index (χ1v) is 5.94. The largest absolute Gasteiger partial charge is 0.492 e. The first kappa shape index (κ1) is 15.3. The van der Waals surface area contributed by atoms with E-state index in [4.69, 9.17) is 9.84 Å². The van der Waals surface area contributed by atoms with Crippen LogP contribution in [-0.4, -0.2) is 17.7 Å². The lowest BCUT2D eigenvalue weighted by Gasteiger charge is -2.15. The molecule has 1 aromatic carbocycles. The molecule has 0 saturated heterocycles. The van der Waals surface area contributed by atoms with Gasteiger partial charge in [0.05, 0.1) is 12.2 Å². The van der Waals surface area contributed by atoms with E-state index < -0.39 is 29.0 Å². The molecule has 0 bridgehead atoms. The summed E-state index contributed by atoms with van der Waals surface area (Å²) < 4.78 is 43.4. The van der Waals surface area contributed by atoms with Gasteiger partial charge in [-0.3, -0.25) is 0 Å². The zero-order valence-electron chi connectivity index (χ0n) is 10.5. The summed E-state index contributed by atoms with van der Waals surface area (Å²) in [6.07, 6.45) is -2.33. The number of rotatable bonds is 6. The summed E-state index contributed by atoms with van der Waals surface area (Å²) >= 11 is 0. The van der Waals surface area contributed by atoms with Crippen molar-refractivity contribution in [1.82, 2.24) is 0 Å². The van der Waals surface area contributed by atoms with Crippen LogP contribution < -0.4 is 4.74 Å². The molecule has 1 rings (SSSR count). The number of benzene rings is 1. The van der Waals surface area contributed by atoms with E-state index in [-0.39, 0.29) is 6.61 Å². The smallest absolute Gasteiger partial charge is 0.419 e. The highest BCUT2D eigenvalue weighted by Crippen LogP contribution is 2.38. The van der Waals surface area contributed by atoms with E-state index in [0.717, 1.165) is 31.0 Å². The average Bonchev–Trinajstić information content (AvgIpc) is 2.33. The molecule has 0 amide bonds. The Bertz CT molecular complexity index is 441. The molecule has 1 aromatic rings. The molecule has 0 fully saturated rings. The van der Waals surface area contributed by atoms with E-state index in [1.165, 1.54) is 0 Å². The summed E-state index contributed by atoms with van der Waals surface area (Å²) in [5, 5.41) is 8.91. The highest BCUT2D eigenvalue weighted by Gasteiger charge is 2.36. The fraction of sp³-hybridized carbons (Fsp3) is 0.462. The Labute approximate surface area is 109 Å². The molecule has 0 heterocycles. The maximum Gasteiger partial charge on any atom is 0.419 e. The average molecular weight is 276 g/mol. The van der Waals surface area contributed by atoms with Gasteiger partial charge in [0.1, 0.15) is 11.3 Å². The van der Waals surface area contributed by atoms with Crippen LogP contribution in [0.2, 0.25) is 0 Å². The number of ether oxygens (including phenoxy) is 1. The van der Waals surface area contributed by atoms with Gasteiger partial charge in [0, 0.05) is 0 Å². The first-order chi connectivity index (χ1) is 8.88. The fourth-order valence-electron chi connectivity index (χ4n) is 1.61. The van der Waals surface area contributed by atoms with Gasteiger partial charge in [0.25, 0.3) is 0 Å². The third kappa shape index (κ3) is 4.15. The van der Waals surface area contributed by atoms with Crippen molar-refractivity contribution in [3.05, 3.63) is 29.3 Å². The third-order valence-corrected chi connectivity index (χ3v) is 2.55. The molecule has 0 aliphatic carbocycles. The number of alkyl halides is 3. The third-order valence-electron chi connectivity index (χ3n) is 2.55. The van der Waals surface area contributed by atoms with Crippen molar-refractivity contribution in [1.29, 1.82) is 0 Å². The lowest BCUT2D eigenvalue weighted by atomic mass is 10.1. The minimum atomic E-state index is -4.63. The van der Waals surface area contributed by atoms with Crippen LogP contribution in [0.3, 0.4) is 0 Å². The second-order valence-electron chi connectivity index (χ2n) is 4.04. The van der Waals surface area contributed by atoms with Gasteiger partial charge in [0.15, 0.2) is 0 Å². The predicted molar refractivity (Wildman–Crippen MR) is 63.4 cm³/mol. The molecule has 19 heavy (non-hydrogen) atoms. The molecule has 0 atom stereocenters. The van der Waals surface area contributed by atoms with Gasteiger partial charge in [-0.15, -0.1) is 0 Å². The second kappa shape index (κ2) is 6.45. The predicted octanol–water partition coefficient (Wildman–Crippen LogP) is 3.97. The van der Waals surface area contributed by atoms with Gasteiger partial charge in [0.2, 0.25) is 0 Å². The van der Waals surface area contributed by atoms with Crippen LogP contribution in [0.4, 0.5) is 13.2 Å². The summed E-state index contributed by atoms with van der Waals surface area (Å²) in [6, 6.07) is 2.99. The van der Waals surface area contributed by atoms with Crippen molar-refractivity contribution in [2.75, 3.05) is 6.61 Å². The Hall–Kier alpha value is -1.72. The van der Waals surface area contributed by atoms with E-state index in [0.29, 0.717) is 6.42 Å². The monoisotopic (exact) mass is 276 g/mol. The Morgan fingerprint density at radius 1 is 1.32 bits per heavy atom. The van der Waals surface area contributed by atoms with E-state index in [9.17, 15) is 18.0 Å². The zero-order chi connectivity index (χ0) is 14.5. The second-order valence-corrected chi connectivity index (χ2v) is 4.04. The number of carbonyl (C=O) groups is 1. The minimum absolute atomic E-state index is 0.0706. The van der Waals surface area contributed by atoms with Gasteiger partial charge < -0.3 is 9.84 Å². The highest BCUT2D eigenvalue weighted by molar-refractivity contribution is 5.91. The van der Waals surface area contributed by atoms with E-state index in [2.05, 4.69) is 0 Å². The number of carboxylic acids is 1. The van der Waals surface area contributed by atoms with Gasteiger partial charge >= 0.3 is 12.1 Å². The Morgan fingerprint density at radius 3 is 2.53 bits per heavy atom. The van der Waals surface area contributed by atoms with Crippen LogP contribution in [0.5, 0.6) is 5.75 Å². The van der Waals surface area contributed by atoms with Crippen LogP contribution in [0.15, 0.2) is 18.2 Å². The Balaban J connectivity index is 3.04. The van der Waals surface area contributed by atoms with Gasteiger partial charge in [-0.05, 0) is 18.6 Å². The van der Waals surface area contributed by atoms with E-state index >= 15 is 0 Å². The molecule has 0 aliphatic heterocycles. The summed E-state index contributed by atoms with van der Waals surface area (Å²) in [5.74, 6) is -2.03. The molecule has 6 heteroatoms. The number of aromatic carboxylic acids is 1. The molecular formula is C13H15F3O3. The van der Waals surface area contributed by atoms with Crippen LogP contribution >= 0.6 is 0 Å². The van der Waals surface area contributed by atoms with Crippen molar-refractivity contribution < 1.29 is 27.8 Å². The minimum Gasteiger partial charge on any atom is -0.492 e. The summed E-state index contributed by atoms with van der Waals surface area (Å²) in [6.45, 7) is 2.02. The topological polar surface area (TPSA) is 46.5 Å². The summed E-state index contributed by atoms with van der Waals surface area (Å²) in [5.41, 5.74) is -1.52. The number of para-hydroxylation sites is 1. The Morgan fingerprint density at radius 2 is 2.00 bits per heavy atom. The van der Waals surface area contributed by atoms with Crippen LogP contribution in [0.1, 0.15) is 42.1 Å². The molecule has 106 valence electrons. The molecular weight excluding hydrogens is 261 g/mol. The summed E-state index contributed by atoms with van der Waals surface area (Å²) in [4.78, 5) is 10.9. The molecule has 0 spiro atoms. The molecule has 0 aromatic heterocycles. The Kier molecular flexibility index (Phi) is 5.20. The molecule has 0 radical (unpaired) electrons. The van der Waals surface area contributed by atoms with Crippen LogP contribution in [0.25, 0.3) is 0 Å². The van der Waals surface area contributed by atoms with E-state index in [1.54, 1.807) is 0 Å². The molecule has 0 unspecified atom stereocenters. The van der Waals surface area contributed by atoms with E-state index in [1.807, 2.05) is 6.92 Å². The van der Waals surface area contributed by atoms with Crippen molar-refractivity contribution in [3.8, 4) is 5.75 Å². The van der Waals surface area contributed by atoms with Crippen molar-refractivity contribution in [2.45, 2.75) is 32.4 Å². The van der Waals surface area contributed by atoms with Crippen molar-refractivity contribution >= 4 is 5.97 Å². The molecule has 1 N–H and O–H groups in total. The lowest BCUT2D eigenvalue weighted by Crippen LogP contribution is -2.13. The normalized spacial score (nSPS) is 11.4. The van der Waals surface area contributed by atoms with Gasteiger partial charge in [-0.1, -0.05) is 25.8 Å². The SMILES string of the molecule is CCCCCOc1c(C(=O)O)cccc1C(F)(F)F.